The summed E-state index contributed by atoms with van der Waals surface area (Å²) >= 11 is 0. The lowest BCUT2D eigenvalue weighted by Crippen LogP contribution is -2.05. The van der Waals surface area contributed by atoms with Crippen molar-refractivity contribution in [3.05, 3.63) is 35.9 Å². The smallest absolute Gasteiger partial charge is 0.172 e. The van der Waals surface area contributed by atoms with Gasteiger partial charge in [0.25, 0.3) is 0 Å². The Morgan fingerprint density at radius 1 is 1.33 bits per heavy atom. The molecule has 1 aromatic carbocycles. The minimum Gasteiger partial charge on any atom is -0.293 e. The van der Waals surface area contributed by atoms with Crippen LogP contribution < -0.4 is 5.32 Å². The molecule has 1 aliphatic rings. The van der Waals surface area contributed by atoms with E-state index in [0.717, 1.165) is 17.9 Å². The maximum Gasteiger partial charge on any atom is 0.172 e. The first kappa shape index (κ1) is 12.6. The van der Waals surface area contributed by atoms with E-state index < -0.39 is 0 Å². The molecule has 0 amide bonds. The van der Waals surface area contributed by atoms with E-state index >= 15 is 0 Å². The van der Waals surface area contributed by atoms with Crippen molar-refractivity contribution in [1.29, 1.82) is 0 Å². The molecule has 0 saturated carbocycles. The number of nitrogens with one attached hydrogen (secondary N) is 1. The molecule has 0 radical (unpaired) electrons. The van der Waals surface area contributed by atoms with E-state index in [4.69, 9.17) is 0 Å². The fourth-order valence-corrected chi connectivity index (χ4v) is 3.00. The highest BCUT2D eigenvalue weighted by atomic mass is 79.9. The number of hydrogen-bond acceptors (Lipinski definition) is 2. The van der Waals surface area contributed by atoms with Gasteiger partial charge in [-0.05, 0) is 0 Å². The third kappa shape index (κ3) is 3.55. The van der Waals surface area contributed by atoms with Crippen LogP contribution in [0, 0.1) is 0 Å². The van der Waals surface area contributed by atoms with Crippen LogP contribution in [-0.2, 0) is 0 Å². The average Bonchev–Trinajstić information content (AvgIpc) is 2.72. The molecule has 0 saturated heterocycles. The van der Waals surface area contributed by atoms with Crippen molar-refractivity contribution in [1.82, 2.24) is 5.32 Å². The molecule has 15 heavy (non-hydrogen) atoms. The zero-order valence-electron chi connectivity index (χ0n) is 8.31. The van der Waals surface area contributed by atoms with Crippen molar-refractivity contribution < 1.29 is 4.79 Å². The van der Waals surface area contributed by atoms with Crippen LogP contribution >= 0.6 is 27.5 Å². The van der Waals surface area contributed by atoms with Gasteiger partial charge in [-0.15, -0.1) is 17.0 Å². The molecule has 1 atom stereocenters. The number of carbonyl (C=O) groups excluding carboxylic acids is 1. The van der Waals surface area contributed by atoms with Crippen molar-refractivity contribution in [3.63, 3.8) is 0 Å². The zero-order valence-corrected chi connectivity index (χ0v) is 10.8. The van der Waals surface area contributed by atoms with Crippen LogP contribution in [0.15, 0.2) is 30.3 Å². The predicted octanol–water partition coefficient (Wildman–Crippen LogP) is 2.08. The largest absolute Gasteiger partial charge is 0.293 e. The van der Waals surface area contributed by atoms with Crippen LogP contribution in [0.1, 0.15) is 10.4 Å². The van der Waals surface area contributed by atoms with E-state index in [1.807, 2.05) is 30.3 Å². The first-order valence-corrected chi connectivity index (χ1v) is 6.30. The van der Waals surface area contributed by atoms with E-state index in [0.29, 0.717) is 5.75 Å². The standard InChI is InChI=1S/C11H13NOS.BrH/c13-11(8-14-7-6-12-9-14)10-4-2-1-3-5-10;/h1-5,9,12H,6-8H2;1H. The lowest BCUT2D eigenvalue weighted by atomic mass is 10.2. The van der Waals surface area contributed by atoms with Gasteiger partial charge in [-0.3, -0.25) is 10.1 Å². The predicted molar refractivity (Wildman–Crippen MR) is 72.5 cm³/mol. The van der Waals surface area contributed by atoms with E-state index in [1.165, 1.54) is 0 Å². The second-order valence-electron chi connectivity index (χ2n) is 3.25. The Hall–Kier alpha value is -0.450. The van der Waals surface area contributed by atoms with Gasteiger partial charge in [0.05, 0.1) is 5.75 Å². The summed E-state index contributed by atoms with van der Waals surface area (Å²) in [6.45, 7) is 1.02. The van der Waals surface area contributed by atoms with Gasteiger partial charge in [0, 0.05) is 23.4 Å². The van der Waals surface area contributed by atoms with Gasteiger partial charge in [-0.25, -0.2) is 0 Å². The molecule has 1 aliphatic heterocycles. The SMILES string of the molecule is Br.O=C(CS1=CNCC1)c1ccccc1. The summed E-state index contributed by atoms with van der Waals surface area (Å²) in [5, 5.41) is 3.16. The topological polar surface area (TPSA) is 29.1 Å². The number of benzene rings is 1. The summed E-state index contributed by atoms with van der Waals surface area (Å²) in [6, 6.07) is 9.52. The quantitative estimate of drug-likeness (QED) is 0.681. The van der Waals surface area contributed by atoms with Gasteiger partial charge >= 0.3 is 0 Å². The van der Waals surface area contributed by atoms with Gasteiger partial charge in [0.2, 0.25) is 0 Å². The first-order chi connectivity index (χ1) is 6.86. The fourth-order valence-electron chi connectivity index (χ4n) is 1.42. The lowest BCUT2D eigenvalue weighted by molar-refractivity contribution is 0.102. The van der Waals surface area contributed by atoms with E-state index in [9.17, 15) is 4.79 Å². The number of rotatable bonds is 3. The summed E-state index contributed by atoms with van der Waals surface area (Å²) in [6.07, 6.45) is 0. The third-order valence-corrected chi connectivity index (χ3v) is 4.03. The molecule has 82 valence electrons. The first-order valence-electron chi connectivity index (χ1n) is 4.67. The monoisotopic (exact) mass is 287 g/mol. The Labute approximate surface area is 103 Å². The van der Waals surface area contributed by atoms with E-state index in [1.54, 1.807) is 0 Å². The number of Topliss-reactive ketones (excluding diaryl/α,β-unsaturated/α-hetero) is 1. The van der Waals surface area contributed by atoms with Crippen molar-refractivity contribution >= 4 is 38.7 Å². The van der Waals surface area contributed by atoms with Gasteiger partial charge in [0.15, 0.2) is 5.78 Å². The highest BCUT2D eigenvalue weighted by Crippen LogP contribution is 2.15. The molecule has 0 aliphatic carbocycles. The molecular formula is C11H14BrNOS. The highest BCUT2D eigenvalue weighted by molar-refractivity contribution is 8.93. The molecular weight excluding hydrogens is 274 g/mol. The molecule has 2 nitrogen and oxygen atoms in total. The van der Waals surface area contributed by atoms with Crippen LogP contribution in [0.5, 0.6) is 0 Å². The zero-order chi connectivity index (χ0) is 9.80. The summed E-state index contributed by atoms with van der Waals surface area (Å²) in [5.41, 5.74) is 2.90. The molecule has 4 heteroatoms. The minimum absolute atomic E-state index is 0. The van der Waals surface area contributed by atoms with Crippen LogP contribution in [0.25, 0.3) is 0 Å². The second-order valence-corrected chi connectivity index (χ2v) is 5.25. The van der Waals surface area contributed by atoms with Crippen molar-refractivity contribution in [2.45, 2.75) is 0 Å². The van der Waals surface area contributed by atoms with Crippen molar-refractivity contribution in [2.24, 2.45) is 0 Å². The maximum atomic E-state index is 11.8. The van der Waals surface area contributed by atoms with Crippen LogP contribution in [-0.4, -0.2) is 29.3 Å². The summed E-state index contributed by atoms with van der Waals surface area (Å²) < 4.78 is 0. The Morgan fingerprint density at radius 3 is 2.67 bits per heavy atom. The molecule has 0 spiro atoms. The average molecular weight is 288 g/mol. The second kappa shape index (κ2) is 6.20. The van der Waals surface area contributed by atoms with E-state index in [-0.39, 0.29) is 33.2 Å². The molecule has 0 fully saturated rings. The Kier molecular flexibility index (Phi) is 5.22. The third-order valence-electron chi connectivity index (χ3n) is 2.17. The van der Waals surface area contributed by atoms with Crippen molar-refractivity contribution in [3.8, 4) is 0 Å². The number of ketones is 1. The van der Waals surface area contributed by atoms with Crippen LogP contribution in [0.3, 0.4) is 0 Å². The number of carbonyl (C=O) groups is 1. The van der Waals surface area contributed by atoms with Crippen LogP contribution in [0.4, 0.5) is 0 Å². The summed E-state index contributed by atoms with van der Waals surface area (Å²) in [7, 11) is 0.156. The number of hydrogen-bond donors (Lipinski definition) is 1. The molecule has 1 N–H and O–H groups in total. The molecule has 0 aromatic heterocycles. The molecule has 1 aromatic rings. The number of halogens is 1. The Morgan fingerprint density at radius 2 is 2.07 bits per heavy atom. The molecule has 2 rings (SSSR count). The molecule has 1 unspecified atom stereocenters. The molecule has 0 bridgehead atoms. The minimum atomic E-state index is 0. The van der Waals surface area contributed by atoms with Gasteiger partial charge in [-0.2, -0.15) is 10.5 Å². The summed E-state index contributed by atoms with van der Waals surface area (Å²) in [4.78, 5) is 11.8. The maximum absolute atomic E-state index is 11.8. The Balaban J connectivity index is 0.00000112. The summed E-state index contributed by atoms with van der Waals surface area (Å²) in [5.74, 6) is 2.03. The van der Waals surface area contributed by atoms with Gasteiger partial charge in [-0.1, -0.05) is 30.3 Å². The van der Waals surface area contributed by atoms with E-state index in [2.05, 4.69) is 10.8 Å². The van der Waals surface area contributed by atoms with Crippen molar-refractivity contribution in [2.75, 3.05) is 18.1 Å². The Bertz CT molecular complexity index is 364. The lowest BCUT2D eigenvalue weighted by Gasteiger charge is -2.01. The van der Waals surface area contributed by atoms with Gasteiger partial charge < -0.3 is 0 Å². The highest BCUT2D eigenvalue weighted by Gasteiger charge is 2.09. The molecule has 1 heterocycles. The normalized spacial score (nSPS) is 19.1. The fraction of sp³-hybridized carbons (Fsp3) is 0.273. The van der Waals surface area contributed by atoms with Gasteiger partial charge in [0.1, 0.15) is 0 Å². The van der Waals surface area contributed by atoms with Crippen LogP contribution in [0.2, 0.25) is 0 Å².